The summed E-state index contributed by atoms with van der Waals surface area (Å²) >= 11 is 0. The van der Waals surface area contributed by atoms with E-state index in [0.29, 0.717) is 17.9 Å². The summed E-state index contributed by atoms with van der Waals surface area (Å²) in [4.78, 5) is 26.4. The molecule has 1 atom stereocenters. The molecule has 0 aliphatic heterocycles. The van der Waals surface area contributed by atoms with Gasteiger partial charge in [0.2, 0.25) is 5.88 Å². The zero-order valence-electron chi connectivity index (χ0n) is 19.2. The van der Waals surface area contributed by atoms with E-state index in [1.54, 1.807) is 31.2 Å². The molecule has 6 heteroatoms. The Kier molecular flexibility index (Phi) is 7.68. The van der Waals surface area contributed by atoms with Crippen LogP contribution in [0.3, 0.4) is 0 Å². The molecular weight excluding hydrogens is 416 g/mol. The average Bonchev–Trinajstić information content (AvgIpc) is 2.83. The normalized spacial score (nSPS) is 11.6. The van der Waals surface area contributed by atoms with E-state index in [1.807, 2.05) is 36.4 Å². The molecule has 1 aromatic heterocycles. The molecule has 6 nitrogen and oxygen atoms in total. The van der Waals surface area contributed by atoms with Gasteiger partial charge in [-0.3, -0.25) is 14.2 Å². The molecule has 0 fully saturated rings. The number of pyridine rings is 1. The van der Waals surface area contributed by atoms with E-state index < -0.39 is 23.3 Å². The Morgan fingerprint density at radius 2 is 1.79 bits per heavy atom. The number of ketones is 1. The maximum atomic E-state index is 13.4. The second kappa shape index (κ2) is 10.6. The first kappa shape index (κ1) is 23.8. The van der Waals surface area contributed by atoms with Gasteiger partial charge in [0.1, 0.15) is 17.4 Å². The minimum Gasteiger partial charge on any atom is -0.494 e. The number of benzene rings is 2. The van der Waals surface area contributed by atoms with Gasteiger partial charge in [-0.1, -0.05) is 50.1 Å². The first-order valence-electron chi connectivity index (χ1n) is 11.1. The van der Waals surface area contributed by atoms with E-state index in [-0.39, 0.29) is 16.7 Å². The Hall–Kier alpha value is -3.85. The van der Waals surface area contributed by atoms with E-state index >= 15 is 0 Å². The van der Waals surface area contributed by atoms with E-state index in [9.17, 15) is 20.0 Å². The molecule has 1 N–H and O–H groups in total. The molecule has 0 aliphatic rings. The van der Waals surface area contributed by atoms with E-state index in [2.05, 4.69) is 6.92 Å². The molecule has 0 amide bonds. The van der Waals surface area contributed by atoms with Crippen LogP contribution in [0.5, 0.6) is 11.6 Å². The highest BCUT2D eigenvalue weighted by Gasteiger charge is 2.27. The molecule has 0 aliphatic carbocycles. The zero-order valence-corrected chi connectivity index (χ0v) is 19.2. The predicted molar refractivity (Wildman–Crippen MR) is 127 cm³/mol. The number of aromatic nitrogens is 1. The number of aromatic hydroxyl groups is 1. The molecule has 170 valence electrons. The molecule has 0 saturated heterocycles. The number of unbranched alkanes of at least 4 members (excludes halogenated alkanes) is 2. The monoisotopic (exact) mass is 444 g/mol. The van der Waals surface area contributed by atoms with Gasteiger partial charge in [0, 0.05) is 5.56 Å². The topological polar surface area (TPSA) is 92.3 Å². The van der Waals surface area contributed by atoms with Crippen molar-refractivity contribution in [3.63, 3.8) is 0 Å². The summed E-state index contributed by atoms with van der Waals surface area (Å²) < 4.78 is 6.81. The standard InChI is InChI=1S/C27H28N2O4/c1-4-5-9-16-33-22-14-12-21(13-15-22)25(30)24-18(2)23(17-28)26(31)29(27(24)32)19(3)20-10-7-6-8-11-20/h6-8,10-15,19,32H,4-5,9,16H2,1-3H3. The number of carbonyl (C=O) groups excluding carboxylic acids is 1. The van der Waals surface area contributed by atoms with Crippen LogP contribution in [-0.2, 0) is 0 Å². The summed E-state index contributed by atoms with van der Waals surface area (Å²) in [6.07, 6.45) is 3.16. The van der Waals surface area contributed by atoms with Crippen LogP contribution >= 0.6 is 0 Å². The molecular formula is C27H28N2O4. The molecule has 0 bridgehead atoms. The molecule has 0 radical (unpaired) electrons. The number of hydrogen-bond acceptors (Lipinski definition) is 5. The first-order chi connectivity index (χ1) is 15.9. The van der Waals surface area contributed by atoms with E-state index in [4.69, 9.17) is 4.74 Å². The van der Waals surface area contributed by atoms with Crippen molar-refractivity contribution in [2.45, 2.75) is 46.1 Å². The summed E-state index contributed by atoms with van der Waals surface area (Å²) in [7, 11) is 0. The smallest absolute Gasteiger partial charge is 0.272 e. The fraction of sp³-hybridized carbons (Fsp3) is 0.296. The molecule has 33 heavy (non-hydrogen) atoms. The zero-order chi connectivity index (χ0) is 24.0. The van der Waals surface area contributed by atoms with Crippen LogP contribution in [-0.4, -0.2) is 22.1 Å². The second-order valence-electron chi connectivity index (χ2n) is 7.98. The fourth-order valence-electron chi connectivity index (χ4n) is 3.82. The highest BCUT2D eigenvalue weighted by molar-refractivity contribution is 6.11. The lowest BCUT2D eigenvalue weighted by molar-refractivity contribution is 0.103. The van der Waals surface area contributed by atoms with Crippen LogP contribution in [0.2, 0.25) is 0 Å². The van der Waals surface area contributed by atoms with Gasteiger partial charge in [0.15, 0.2) is 5.78 Å². The SMILES string of the molecule is CCCCCOc1ccc(C(=O)c2c(C)c(C#N)c(=O)n(C(C)c3ccccc3)c2O)cc1. The summed E-state index contributed by atoms with van der Waals surface area (Å²) in [6.45, 7) is 5.98. The van der Waals surface area contributed by atoms with E-state index in [1.165, 1.54) is 6.92 Å². The van der Waals surface area contributed by atoms with Crippen molar-refractivity contribution >= 4 is 5.78 Å². The number of nitrogens with zero attached hydrogens (tertiary/aromatic N) is 2. The van der Waals surface area contributed by atoms with Crippen LogP contribution in [0.25, 0.3) is 0 Å². The minimum absolute atomic E-state index is 0.0504. The Morgan fingerprint density at radius 1 is 1.12 bits per heavy atom. The lowest BCUT2D eigenvalue weighted by Crippen LogP contribution is -2.29. The number of rotatable bonds is 9. The molecule has 0 saturated carbocycles. The van der Waals surface area contributed by atoms with Gasteiger partial charge in [-0.05, 0) is 55.7 Å². The lowest BCUT2D eigenvalue weighted by atomic mass is 9.96. The largest absolute Gasteiger partial charge is 0.494 e. The second-order valence-corrected chi connectivity index (χ2v) is 7.98. The van der Waals surface area contributed by atoms with Crippen molar-refractivity contribution in [3.8, 4) is 17.7 Å². The minimum atomic E-state index is -0.628. The van der Waals surface area contributed by atoms with Crippen molar-refractivity contribution < 1.29 is 14.6 Å². The van der Waals surface area contributed by atoms with Gasteiger partial charge in [-0.2, -0.15) is 5.26 Å². The van der Waals surface area contributed by atoms with Crippen LogP contribution in [0.15, 0.2) is 59.4 Å². The van der Waals surface area contributed by atoms with E-state index in [0.717, 1.165) is 29.4 Å². The quantitative estimate of drug-likeness (QED) is 0.364. The highest BCUT2D eigenvalue weighted by atomic mass is 16.5. The van der Waals surface area contributed by atoms with Crippen molar-refractivity contribution in [2.75, 3.05) is 6.61 Å². The first-order valence-corrected chi connectivity index (χ1v) is 11.1. The summed E-state index contributed by atoms with van der Waals surface area (Å²) in [5, 5.41) is 20.7. The third kappa shape index (κ3) is 4.98. The fourth-order valence-corrected chi connectivity index (χ4v) is 3.82. The van der Waals surface area contributed by atoms with Gasteiger partial charge in [-0.15, -0.1) is 0 Å². The summed E-state index contributed by atoms with van der Waals surface area (Å²) in [5.41, 5.74) is 0.430. The van der Waals surface area contributed by atoms with Crippen LogP contribution in [0.1, 0.15) is 71.8 Å². The van der Waals surface area contributed by atoms with Crippen molar-refractivity contribution in [2.24, 2.45) is 0 Å². The summed E-state index contributed by atoms with van der Waals surface area (Å²) in [6, 6.07) is 17.1. The van der Waals surface area contributed by atoms with Gasteiger partial charge < -0.3 is 9.84 Å². The third-order valence-corrected chi connectivity index (χ3v) is 5.78. The maximum Gasteiger partial charge on any atom is 0.272 e. The highest BCUT2D eigenvalue weighted by Crippen LogP contribution is 2.30. The summed E-state index contributed by atoms with van der Waals surface area (Å²) in [5.74, 6) is -0.255. The molecule has 2 aromatic carbocycles. The Labute approximate surface area is 193 Å². The Balaban J connectivity index is 2.01. The molecule has 3 rings (SSSR count). The Morgan fingerprint density at radius 3 is 2.39 bits per heavy atom. The van der Waals surface area contributed by atoms with Gasteiger partial charge in [0.25, 0.3) is 5.56 Å². The maximum absolute atomic E-state index is 13.4. The number of carbonyl (C=O) groups is 1. The van der Waals surface area contributed by atoms with Crippen LogP contribution in [0, 0.1) is 18.3 Å². The van der Waals surface area contributed by atoms with Crippen molar-refractivity contribution in [1.29, 1.82) is 5.26 Å². The van der Waals surface area contributed by atoms with Gasteiger partial charge >= 0.3 is 0 Å². The number of nitriles is 1. The average molecular weight is 445 g/mol. The Bertz CT molecular complexity index is 1220. The molecule has 1 heterocycles. The van der Waals surface area contributed by atoms with Crippen LogP contribution < -0.4 is 10.3 Å². The molecule has 0 spiro atoms. The predicted octanol–water partition coefficient (Wildman–Crippen LogP) is 5.14. The number of ether oxygens (including phenoxy) is 1. The molecule has 1 unspecified atom stereocenters. The number of hydrogen-bond donors (Lipinski definition) is 1. The van der Waals surface area contributed by atoms with Crippen molar-refractivity contribution in [1.82, 2.24) is 4.57 Å². The van der Waals surface area contributed by atoms with Gasteiger partial charge in [-0.25, -0.2) is 0 Å². The lowest BCUT2D eigenvalue weighted by Gasteiger charge is -2.21. The third-order valence-electron chi connectivity index (χ3n) is 5.78. The molecule has 3 aromatic rings. The van der Waals surface area contributed by atoms with Crippen molar-refractivity contribution in [3.05, 3.63) is 92.8 Å². The van der Waals surface area contributed by atoms with Crippen LogP contribution in [0.4, 0.5) is 0 Å². The van der Waals surface area contributed by atoms with Gasteiger partial charge in [0.05, 0.1) is 18.2 Å².